The normalized spacial score (nSPS) is 10.4. The predicted molar refractivity (Wildman–Crippen MR) is 111 cm³/mol. The van der Waals surface area contributed by atoms with Crippen molar-refractivity contribution >= 4 is 39.7 Å². The molecule has 0 atom stereocenters. The van der Waals surface area contributed by atoms with Crippen LogP contribution in [-0.4, -0.2) is 43.1 Å². The summed E-state index contributed by atoms with van der Waals surface area (Å²) in [5.74, 6) is 2.06. The van der Waals surface area contributed by atoms with Gasteiger partial charge in [-0.05, 0) is 42.5 Å². The van der Waals surface area contributed by atoms with Crippen molar-refractivity contribution in [3.63, 3.8) is 0 Å². The van der Waals surface area contributed by atoms with Crippen LogP contribution in [0.25, 0.3) is 0 Å². The number of ether oxygens (including phenoxy) is 3. The average Bonchev–Trinajstić information content (AvgIpc) is 3.19. The first kappa shape index (κ1) is 20.0. The van der Waals surface area contributed by atoms with Crippen LogP contribution in [-0.2, 0) is 0 Å². The maximum absolute atomic E-state index is 12.6. The third-order valence-electron chi connectivity index (χ3n) is 3.78. The van der Waals surface area contributed by atoms with Gasteiger partial charge < -0.3 is 19.5 Å². The van der Waals surface area contributed by atoms with Gasteiger partial charge in [-0.1, -0.05) is 23.1 Å². The van der Waals surface area contributed by atoms with Crippen molar-refractivity contribution in [3.8, 4) is 17.2 Å². The number of thioether (sulfide) groups is 1. The molecule has 28 heavy (non-hydrogen) atoms. The molecule has 0 aliphatic rings. The molecule has 9 heteroatoms. The van der Waals surface area contributed by atoms with Gasteiger partial charge >= 0.3 is 0 Å². The van der Waals surface area contributed by atoms with Crippen LogP contribution < -0.4 is 19.5 Å². The van der Waals surface area contributed by atoms with Gasteiger partial charge in [-0.25, -0.2) is 0 Å². The maximum atomic E-state index is 12.6. The zero-order chi connectivity index (χ0) is 19.9. The molecule has 0 saturated carbocycles. The number of rotatable bonds is 9. The van der Waals surface area contributed by atoms with Gasteiger partial charge in [0.05, 0.1) is 32.6 Å². The van der Waals surface area contributed by atoms with E-state index in [-0.39, 0.29) is 11.5 Å². The number of aromatic nitrogens is 2. The Hall–Kier alpha value is -2.78. The number of Topliss-reactive ketones (excluding diaryl/α,β-unsaturated/α-hetero) is 1. The molecule has 0 bridgehead atoms. The molecular formula is C19H19N3O4S2. The molecule has 1 aromatic heterocycles. The van der Waals surface area contributed by atoms with E-state index in [1.54, 1.807) is 32.4 Å². The number of methoxy groups -OCH3 is 3. The van der Waals surface area contributed by atoms with Gasteiger partial charge in [-0.15, -0.1) is 10.2 Å². The number of carbonyl (C=O) groups is 1. The second-order valence-electron chi connectivity index (χ2n) is 5.50. The molecular weight excluding hydrogens is 398 g/mol. The van der Waals surface area contributed by atoms with Crippen LogP contribution in [0.15, 0.2) is 46.8 Å². The fraction of sp³-hybridized carbons (Fsp3) is 0.211. The highest BCUT2D eigenvalue weighted by molar-refractivity contribution is 8.01. The summed E-state index contributed by atoms with van der Waals surface area (Å²) in [6, 6.07) is 12.7. The van der Waals surface area contributed by atoms with Crippen molar-refractivity contribution in [1.29, 1.82) is 0 Å². The Kier molecular flexibility index (Phi) is 6.72. The third-order valence-corrected chi connectivity index (χ3v) is 5.75. The summed E-state index contributed by atoms with van der Waals surface area (Å²) in [5, 5.41) is 12.1. The van der Waals surface area contributed by atoms with Crippen LogP contribution >= 0.6 is 23.1 Å². The smallest absolute Gasteiger partial charge is 0.210 e. The first-order valence-electron chi connectivity index (χ1n) is 8.25. The van der Waals surface area contributed by atoms with Crippen LogP contribution in [0.5, 0.6) is 17.2 Å². The summed E-state index contributed by atoms with van der Waals surface area (Å²) in [5.41, 5.74) is 1.36. The van der Waals surface area contributed by atoms with E-state index >= 15 is 0 Å². The minimum Gasteiger partial charge on any atom is -0.497 e. The molecule has 0 saturated heterocycles. The van der Waals surface area contributed by atoms with E-state index in [1.807, 2.05) is 24.3 Å². The standard InChI is InChI=1S/C19H19N3O4S2/c1-24-13-6-4-12(5-7-13)20-18-21-22-19(28-18)27-11-16(23)15-10-14(25-2)8-9-17(15)26-3/h4-10H,11H2,1-3H3,(H,20,21). The molecule has 2 aromatic carbocycles. The Balaban J connectivity index is 1.61. The van der Waals surface area contributed by atoms with Gasteiger partial charge in [0.15, 0.2) is 10.1 Å². The molecule has 3 rings (SSSR count). The van der Waals surface area contributed by atoms with Crippen LogP contribution in [0.2, 0.25) is 0 Å². The molecule has 1 heterocycles. The lowest BCUT2D eigenvalue weighted by Crippen LogP contribution is -2.05. The number of hydrogen-bond donors (Lipinski definition) is 1. The van der Waals surface area contributed by atoms with E-state index in [2.05, 4.69) is 15.5 Å². The number of hydrogen-bond acceptors (Lipinski definition) is 9. The van der Waals surface area contributed by atoms with E-state index < -0.39 is 0 Å². The van der Waals surface area contributed by atoms with Gasteiger partial charge in [0.2, 0.25) is 5.13 Å². The molecule has 0 amide bonds. The van der Waals surface area contributed by atoms with Crippen LogP contribution in [0.1, 0.15) is 10.4 Å². The highest BCUT2D eigenvalue weighted by atomic mass is 32.2. The third kappa shape index (κ3) is 4.93. The Morgan fingerprint density at radius 3 is 2.39 bits per heavy atom. The highest BCUT2D eigenvalue weighted by Crippen LogP contribution is 2.30. The van der Waals surface area contributed by atoms with E-state index in [9.17, 15) is 4.79 Å². The lowest BCUT2D eigenvalue weighted by molar-refractivity contribution is 0.101. The molecule has 0 unspecified atom stereocenters. The second-order valence-corrected chi connectivity index (χ2v) is 7.70. The van der Waals surface area contributed by atoms with Crippen molar-refractivity contribution in [2.45, 2.75) is 4.34 Å². The molecule has 0 radical (unpaired) electrons. The molecule has 0 fully saturated rings. The number of benzene rings is 2. The van der Waals surface area contributed by atoms with E-state index in [0.29, 0.717) is 26.5 Å². The molecule has 1 N–H and O–H groups in total. The molecule has 0 aliphatic carbocycles. The SMILES string of the molecule is COc1ccc(Nc2nnc(SCC(=O)c3cc(OC)ccc3OC)s2)cc1. The van der Waals surface area contributed by atoms with E-state index in [1.165, 1.54) is 30.2 Å². The highest BCUT2D eigenvalue weighted by Gasteiger charge is 2.15. The van der Waals surface area contributed by atoms with Gasteiger partial charge in [-0.2, -0.15) is 0 Å². The number of carbonyl (C=O) groups excluding carboxylic acids is 1. The van der Waals surface area contributed by atoms with E-state index in [4.69, 9.17) is 14.2 Å². The van der Waals surface area contributed by atoms with Crippen LogP contribution in [0, 0.1) is 0 Å². The minimum atomic E-state index is -0.0689. The molecule has 0 aliphatic heterocycles. The molecule has 7 nitrogen and oxygen atoms in total. The Labute approximate surface area is 171 Å². The molecule has 146 valence electrons. The maximum Gasteiger partial charge on any atom is 0.210 e. The summed E-state index contributed by atoms with van der Waals surface area (Å²) in [6.45, 7) is 0. The quantitative estimate of drug-likeness (QED) is 0.408. The number of anilines is 2. The average molecular weight is 418 g/mol. The Morgan fingerprint density at radius 1 is 1.00 bits per heavy atom. The van der Waals surface area contributed by atoms with E-state index in [0.717, 1.165) is 11.4 Å². The van der Waals surface area contributed by atoms with Crippen molar-refractivity contribution in [2.75, 3.05) is 32.4 Å². The van der Waals surface area contributed by atoms with Crippen LogP contribution in [0.4, 0.5) is 10.8 Å². The zero-order valence-electron chi connectivity index (χ0n) is 15.6. The summed E-state index contributed by atoms with van der Waals surface area (Å²) in [7, 11) is 4.72. The summed E-state index contributed by atoms with van der Waals surface area (Å²) < 4.78 is 16.3. The second kappa shape index (κ2) is 9.43. The first-order chi connectivity index (χ1) is 13.6. The number of ketones is 1. The lowest BCUT2D eigenvalue weighted by Gasteiger charge is -2.09. The number of nitrogens with one attached hydrogen (secondary N) is 1. The summed E-state index contributed by atoms with van der Waals surface area (Å²) in [4.78, 5) is 12.6. The van der Waals surface area contributed by atoms with Gasteiger partial charge in [0, 0.05) is 5.69 Å². The van der Waals surface area contributed by atoms with Gasteiger partial charge in [0.1, 0.15) is 17.2 Å². The topological polar surface area (TPSA) is 82.6 Å². The van der Waals surface area contributed by atoms with Crippen LogP contribution in [0.3, 0.4) is 0 Å². The monoisotopic (exact) mass is 417 g/mol. The fourth-order valence-electron chi connectivity index (χ4n) is 2.35. The largest absolute Gasteiger partial charge is 0.497 e. The molecule has 0 spiro atoms. The predicted octanol–water partition coefficient (Wildman–Crippen LogP) is 4.28. The Morgan fingerprint density at radius 2 is 1.71 bits per heavy atom. The van der Waals surface area contributed by atoms with Crippen molar-refractivity contribution in [2.24, 2.45) is 0 Å². The molecule has 3 aromatic rings. The minimum absolute atomic E-state index is 0.0689. The summed E-state index contributed by atoms with van der Waals surface area (Å²) in [6.07, 6.45) is 0. The first-order valence-corrected chi connectivity index (χ1v) is 10.1. The van der Waals surface area contributed by atoms with Gasteiger partial charge in [0.25, 0.3) is 0 Å². The zero-order valence-corrected chi connectivity index (χ0v) is 17.2. The lowest BCUT2D eigenvalue weighted by atomic mass is 10.1. The van der Waals surface area contributed by atoms with Crippen molar-refractivity contribution in [3.05, 3.63) is 48.0 Å². The van der Waals surface area contributed by atoms with Gasteiger partial charge in [-0.3, -0.25) is 4.79 Å². The number of nitrogens with zero attached hydrogens (tertiary/aromatic N) is 2. The fourth-order valence-corrected chi connectivity index (χ4v) is 4.01. The summed E-state index contributed by atoms with van der Waals surface area (Å²) >= 11 is 2.72. The van der Waals surface area contributed by atoms with Crippen molar-refractivity contribution < 1.29 is 19.0 Å². The van der Waals surface area contributed by atoms with Crippen molar-refractivity contribution in [1.82, 2.24) is 10.2 Å². The Bertz CT molecular complexity index is 945.